The minimum Gasteiger partial charge on any atom is -0.466 e. The molecule has 0 aromatic carbocycles. The second-order valence-corrected chi connectivity index (χ2v) is 5.45. The van der Waals surface area contributed by atoms with Crippen LogP contribution < -0.4 is 0 Å². The van der Waals surface area contributed by atoms with Crippen molar-refractivity contribution in [1.29, 1.82) is 0 Å². The molecule has 0 aliphatic carbocycles. The summed E-state index contributed by atoms with van der Waals surface area (Å²) >= 11 is 0. The zero-order valence-electron chi connectivity index (χ0n) is 13.7. The number of rotatable bonds is 14. The number of carbonyl (C=O) groups is 1. The second-order valence-electron chi connectivity index (χ2n) is 5.45. The Morgan fingerprint density at radius 3 is 1.90 bits per heavy atom. The van der Waals surface area contributed by atoms with Crippen molar-refractivity contribution in [2.75, 3.05) is 6.61 Å². The molecule has 0 aliphatic heterocycles. The van der Waals surface area contributed by atoms with Gasteiger partial charge >= 0.3 is 5.97 Å². The molecular weight excluding hydrogens is 248 g/mol. The van der Waals surface area contributed by atoms with Crippen LogP contribution in [0.3, 0.4) is 0 Å². The summed E-state index contributed by atoms with van der Waals surface area (Å²) in [6.07, 6.45) is 19.3. The van der Waals surface area contributed by atoms with Crippen LogP contribution in [0, 0.1) is 0 Å². The molecule has 0 spiro atoms. The van der Waals surface area contributed by atoms with Crippen molar-refractivity contribution in [3.05, 3.63) is 12.2 Å². The Hall–Kier alpha value is -0.790. The summed E-state index contributed by atoms with van der Waals surface area (Å²) in [7, 11) is 0. The molecule has 0 N–H and O–H groups in total. The van der Waals surface area contributed by atoms with Crippen LogP contribution in [0.15, 0.2) is 12.2 Å². The van der Waals surface area contributed by atoms with Crippen molar-refractivity contribution >= 4 is 5.97 Å². The third kappa shape index (κ3) is 15.3. The zero-order valence-corrected chi connectivity index (χ0v) is 13.7. The summed E-state index contributed by atoms with van der Waals surface area (Å²) < 4.78 is 4.86. The fourth-order valence-corrected chi connectivity index (χ4v) is 2.27. The van der Waals surface area contributed by atoms with Gasteiger partial charge < -0.3 is 4.74 Å². The minimum absolute atomic E-state index is 0.119. The third-order valence-electron chi connectivity index (χ3n) is 3.48. The Kier molecular flexibility index (Phi) is 15.6. The highest BCUT2D eigenvalue weighted by atomic mass is 16.5. The average molecular weight is 282 g/mol. The summed E-state index contributed by atoms with van der Waals surface area (Å²) in [4.78, 5) is 11.1. The van der Waals surface area contributed by atoms with Crippen LogP contribution in [-0.2, 0) is 9.53 Å². The van der Waals surface area contributed by atoms with Crippen molar-refractivity contribution in [3.63, 3.8) is 0 Å². The van der Waals surface area contributed by atoms with Crippen molar-refractivity contribution in [2.45, 2.75) is 90.9 Å². The molecule has 118 valence electrons. The Morgan fingerprint density at radius 1 is 0.800 bits per heavy atom. The van der Waals surface area contributed by atoms with Crippen LogP contribution >= 0.6 is 0 Å². The summed E-state index contributed by atoms with van der Waals surface area (Å²) in [5.74, 6) is -0.119. The lowest BCUT2D eigenvalue weighted by molar-refractivity contribution is -0.142. The SMILES string of the molecule is CCCCCCCCCCCC/C=C\CC(=O)OCC. The van der Waals surface area contributed by atoms with Crippen molar-refractivity contribution in [1.82, 2.24) is 0 Å². The average Bonchev–Trinajstić information content (AvgIpc) is 2.44. The van der Waals surface area contributed by atoms with Crippen molar-refractivity contribution in [2.24, 2.45) is 0 Å². The predicted molar refractivity (Wildman–Crippen MR) is 86.9 cm³/mol. The van der Waals surface area contributed by atoms with Gasteiger partial charge in [-0.2, -0.15) is 0 Å². The number of esters is 1. The molecule has 20 heavy (non-hydrogen) atoms. The largest absolute Gasteiger partial charge is 0.466 e. The molecule has 0 radical (unpaired) electrons. The predicted octanol–water partition coefficient (Wildman–Crippen LogP) is 5.81. The molecule has 0 bridgehead atoms. The Morgan fingerprint density at radius 2 is 1.35 bits per heavy atom. The summed E-state index contributed by atoms with van der Waals surface area (Å²) in [5, 5.41) is 0. The van der Waals surface area contributed by atoms with Gasteiger partial charge in [0, 0.05) is 0 Å². The van der Waals surface area contributed by atoms with Crippen LogP contribution in [0.2, 0.25) is 0 Å². The summed E-state index contributed by atoms with van der Waals surface area (Å²) in [6.45, 7) is 4.58. The van der Waals surface area contributed by atoms with E-state index in [1.165, 1.54) is 64.2 Å². The van der Waals surface area contributed by atoms with E-state index in [4.69, 9.17) is 4.74 Å². The zero-order chi connectivity index (χ0) is 14.9. The number of unbranched alkanes of at least 4 members (excludes halogenated alkanes) is 10. The van der Waals surface area contributed by atoms with E-state index in [0.29, 0.717) is 13.0 Å². The minimum atomic E-state index is -0.119. The molecule has 2 nitrogen and oxygen atoms in total. The van der Waals surface area contributed by atoms with E-state index in [9.17, 15) is 4.79 Å². The van der Waals surface area contributed by atoms with Crippen molar-refractivity contribution < 1.29 is 9.53 Å². The topological polar surface area (TPSA) is 26.3 Å². The van der Waals surface area contributed by atoms with E-state index < -0.39 is 0 Å². The van der Waals surface area contributed by atoms with Gasteiger partial charge in [0.05, 0.1) is 13.0 Å². The molecule has 0 aromatic heterocycles. The monoisotopic (exact) mass is 282 g/mol. The maximum Gasteiger partial charge on any atom is 0.309 e. The summed E-state index contributed by atoms with van der Waals surface area (Å²) in [6, 6.07) is 0. The number of ether oxygens (including phenoxy) is 1. The van der Waals surface area contributed by atoms with Crippen LogP contribution in [-0.4, -0.2) is 12.6 Å². The first-order valence-electron chi connectivity index (χ1n) is 8.61. The van der Waals surface area contributed by atoms with Gasteiger partial charge in [0.2, 0.25) is 0 Å². The lowest BCUT2D eigenvalue weighted by Gasteiger charge is -2.01. The molecule has 0 heterocycles. The van der Waals surface area contributed by atoms with Gasteiger partial charge in [-0.3, -0.25) is 4.79 Å². The highest BCUT2D eigenvalue weighted by Crippen LogP contribution is 2.11. The fraction of sp³-hybridized carbons (Fsp3) is 0.833. The van der Waals surface area contributed by atoms with E-state index in [-0.39, 0.29) is 5.97 Å². The Bertz CT molecular complexity index is 234. The maximum atomic E-state index is 11.1. The third-order valence-corrected chi connectivity index (χ3v) is 3.48. The highest BCUT2D eigenvalue weighted by Gasteiger charge is 1.95. The first kappa shape index (κ1) is 19.2. The normalized spacial score (nSPS) is 11.1. The quantitative estimate of drug-likeness (QED) is 0.228. The molecule has 0 aromatic rings. The van der Waals surface area contributed by atoms with E-state index in [1.54, 1.807) is 0 Å². The van der Waals surface area contributed by atoms with Gasteiger partial charge in [-0.1, -0.05) is 76.9 Å². The van der Waals surface area contributed by atoms with Gasteiger partial charge in [0.15, 0.2) is 0 Å². The Balaban J connectivity index is 3.12. The molecule has 0 atom stereocenters. The molecule has 0 saturated carbocycles. The number of carbonyl (C=O) groups excluding carboxylic acids is 1. The molecular formula is C18H34O2. The maximum absolute atomic E-state index is 11.1. The van der Waals surface area contributed by atoms with Crippen LogP contribution in [0.4, 0.5) is 0 Å². The number of hydrogen-bond donors (Lipinski definition) is 0. The first-order valence-corrected chi connectivity index (χ1v) is 8.61. The lowest BCUT2D eigenvalue weighted by atomic mass is 10.1. The molecule has 2 heteroatoms. The summed E-state index contributed by atoms with van der Waals surface area (Å²) in [5.41, 5.74) is 0. The number of hydrogen-bond acceptors (Lipinski definition) is 2. The smallest absolute Gasteiger partial charge is 0.309 e. The van der Waals surface area contributed by atoms with E-state index in [0.717, 1.165) is 6.42 Å². The fourth-order valence-electron chi connectivity index (χ4n) is 2.27. The molecule has 0 saturated heterocycles. The second kappa shape index (κ2) is 16.3. The van der Waals surface area contributed by atoms with E-state index in [1.807, 2.05) is 13.0 Å². The Labute approximate surface area is 126 Å². The molecule has 0 amide bonds. The molecule has 0 unspecified atom stereocenters. The lowest BCUT2D eigenvalue weighted by Crippen LogP contribution is -2.01. The molecule has 0 fully saturated rings. The van der Waals surface area contributed by atoms with Gasteiger partial charge in [0.25, 0.3) is 0 Å². The molecule has 0 aliphatic rings. The van der Waals surface area contributed by atoms with E-state index >= 15 is 0 Å². The van der Waals surface area contributed by atoms with Gasteiger partial charge in [-0.25, -0.2) is 0 Å². The van der Waals surface area contributed by atoms with E-state index in [2.05, 4.69) is 13.0 Å². The first-order chi connectivity index (χ1) is 9.81. The van der Waals surface area contributed by atoms with Gasteiger partial charge in [-0.05, 0) is 19.8 Å². The van der Waals surface area contributed by atoms with Crippen LogP contribution in [0.1, 0.15) is 90.9 Å². The van der Waals surface area contributed by atoms with Crippen LogP contribution in [0.5, 0.6) is 0 Å². The standard InChI is InChI=1S/C18H34O2/c1-3-5-6-7-8-9-10-11-12-13-14-15-16-17-18(19)20-4-2/h15-16H,3-14,17H2,1-2H3/b16-15-. The van der Waals surface area contributed by atoms with Gasteiger partial charge in [-0.15, -0.1) is 0 Å². The van der Waals surface area contributed by atoms with Crippen molar-refractivity contribution in [3.8, 4) is 0 Å². The molecule has 0 rings (SSSR count). The van der Waals surface area contributed by atoms with Gasteiger partial charge in [0.1, 0.15) is 0 Å². The van der Waals surface area contributed by atoms with Crippen LogP contribution in [0.25, 0.3) is 0 Å². The number of allylic oxidation sites excluding steroid dienone is 1. The highest BCUT2D eigenvalue weighted by molar-refractivity contribution is 5.71.